The Morgan fingerprint density at radius 2 is 1.76 bits per heavy atom. The van der Waals surface area contributed by atoms with Gasteiger partial charge in [0, 0.05) is 18.2 Å². The highest BCUT2D eigenvalue weighted by atomic mass is 32.1. The number of aryl methyl sites for hydroxylation is 1. The van der Waals surface area contributed by atoms with Crippen LogP contribution in [0.2, 0.25) is 0 Å². The van der Waals surface area contributed by atoms with Crippen LogP contribution in [0.1, 0.15) is 43.6 Å². The zero-order chi connectivity index (χ0) is 27.8. The summed E-state index contributed by atoms with van der Waals surface area (Å²) in [4.78, 5) is 55.6. The summed E-state index contributed by atoms with van der Waals surface area (Å²) in [6.07, 6.45) is 3.02. The second-order valence-corrected chi connectivity index (χ2v) is 10.9. The van der Waals surface area contributed by atoms with E-state index >= 15 is 0 Å². The molecule has 0 radical (unpaired) electrons. The first-order valence-corrected chi connectivity index (χ1v) is 12.9. The van der Waals surface area contributed by atoms with Crippen molar-refractivity contribution in [1.82, 2.24) is 29.4 Å². The molecule has 38 heavy (non-hydrogen) atoms. The molecule has 1 amide bonds. The van der Waals surface area contributed by atoms with E-state index in [-0.39, 0.29) is 36.2 Å². The molecule has 0 spiro atoms. The highest BCUT2D eigenvalue weighted by molar-refractivity contribution is 7.21. The van der Waals surface area contributed by atoms with Gasteiger partial charge in [-0.2, -0.15) is 10.2 Å². The van der Waals surface area contributed by atoms with E-state index in [2.05, 4.69) is 15.5 Å². The van der Waals surface area contributed by atoms with Crippen molar-refractivity contribution in [1.29, 1.82) is 0 Å². The standard InChI is InChI=1S/C26H30N6O5S/c1-15(2)29-24(35)26(4,5)14-31-21(34)20-16(3)22(32-27-11-12-28-32)38-23(20)30(25(31)36)13-18(33)17-9-7-8-10-19(17)37-6/h7-12,15H,13-14H2,1-6H3,(H,29,35). The van der Waals surface area contributed by atoms with Gasteiger partial charge in [-0.05, 0) is 46.8 Å². The van der Waals surface area contributed by atoms with E-state index in [4.69, 9.17) is 4.74 Å². The van der Waals surface area contributed by atoms with Crippen molar-refractivity contribution in [3.63, 3.8) is 0 Å². The van der Waals surface area contributed by atoms with Crippen molar-refractivity contribution in [3.8, 4) is 10.8 Å². The molecule has 12 heteroatoms. The molecule has 0 unspecified atom stereocenters. The fourth-order valence-corrected chi connectivity index (χ4v) is 5.41. The Morgan fingerprint density at radius 1 is 1.11 bits per heavy atom. The van der Waals surface area contributed by atoms with Gasteiger partial charge in [0.2, 0.25) is 5.91 Å². The summed E-state index contributed by atoms with van der Waals surface area (Å²) in [5.74, 6) is -0.276. The van der Waals surface area contributed by atoms with Crippen LogP contribution >= 0.6 is 11.3 Å². The number of methoxy groups -OCH3 is 1. The molecular formula is C26H30N6O5S. The van der Waals surface area contributed by atoms with E-state index in [1.165, 1.54) is 28.9 Å². The monoisotopic (exact) mass is 538 g/mol. The van der Waals surface area contributed by atoms with Crippen molar-refractivity contribution in [3.05, 3.63) is 68.6 Å². The van der Waals surface area contributed by atoms with Gasteiger partial charge in [-0.3, -0.25) is 23.5 Å². The summed E-state index contributed by atoms with van der Waals surface area (Å²) in [5.41, 5.74) is -1.42. The molecule has 0 aliphatic rings. The minimum Gasteiger partial charge on any atom is -0.496 e. The average molecular weight is 539 g/mol. The van der Waals surface area contributed by atoms with Gasteiger partial charge < -0.3 is 10.1 Å². The maximum atomic E-state index is 13.8. The van der Waals surface area contributed by atoms with Gasteiger partial charge in [0.25, 0.3) is 5.56 Å². The molecule has 1 aromatic carbocycles. The van der Waals surface area contributed by atoms with Gasteiger partial charge in [0.15, 0.2) is 5.78 Å². The van der Waals surface area contributed by atoms with Crippen molar-refractivity contribution < 1.29 is 14.3 Å². The number of nitrogens with one attached hydrogen (secondary N) is 1. The second kappa shape index (κ2) is 10.4. The molecule has 4 rings (SSSR count). The lowest BCUT2D eigenvalue weighted by atomic mass is 9.91. The SMILES string of the molecule is COc1ccccc1C(=O)Cn1c(=O)n(CC(C)(C)C(=O)NC(C)C)c(=O)c2c(C)c(-n3nccn3)sc21. The van der Waals surface area contributed by atoms with Gasteiger partial charge in [0.1, 0.15) is 15.6 Å². The molecule has 200 valence electrons. The van der Waals surface area contributed by atoms with Crippen LogP contribution in [0.4, 0.5) is 0 Å². The quantitative estimate of drug-likeness (QED) is 0.324. The smallest absolute Gasteiger partial charge is 0.332 e. The molecule has 0 bridgehead atoms. The number of Topliss-reactive ketones (excluding diaryl/α,β-unsaturated/α-hetero) is 1. The summed E-state index contributed by atoms with van der Waals surface area (Å²) < 4.78 is 7.66. The number of para-hydroxylation sites is 1. The number of nitrogens with zero attached hydrogens (tertiary/aromatic N) is 5. The lowest BCUT2D eigenvalue weighted by Gasteiger charge is -2.26. The highest BCUT2D eigenvalue weighted by Crippen LogP contribution is 2.31. The van der Waals surface area contributed by atoms with Crippen LogP contribution < -0.4 is 21.3 Å². The number of aromatic nitrogens is 5. The third-order valence-electron chi connectivity index (χ3n) is 6.17. The molecular weight excluding hydrogens is 508 g/mol. The summed E-state index contributed by atoms with van der Waals surface area (Å²) >= 11 is 1.15. The Labute approximate surface area is 222 Å². The Balaban J connectivity index is 1.93. The van der Waals surface area contributed by atoms with Gasteiger partial charge in [0.05, 0.1) is 42.4 Å². The number of thiophene rings is 1. The van der Waals surface area contributed by atoms with Gasteiger partial charge in [-0.15, -0.1) is 4.80 Å². The predicted molar refractivity (Wildman–Crippen MR) is 144 cm³/mol. The van der Waals surface area contributed by atoms with Gasteiger partial charge in [-0.25, -0.2) is 4.79 Å². The molecule has 0 saturated carbocycles. The third kappa shape index (κ3) is 4.91. The number of carbonyl (C=O) groups is 2. The van der Waals surface area contributed by atoms with Crippen molar-refractivity contribution >= 4 is 33.2 Å². The zero-order valence-corrected chi connectivity index (χ0v) is 23.0. The number of benzene rings is 1. The van der Waals surface area contributed by atoms with E-state index in [1.807, 2.05) is 13.8 Å². The first-order chi connectivity index (χ1) is 18.0. The maximum Gasteiger partial charge on any atom is 0.332 e. The molecule has 3 heterocycles. The molecule has 11 nitrogen and oxygen atoms in total. The number of carbonyl (C=O) groups excluding carboxylic acids is 2. The number of hydrogen-bond acceptors (Lipinski definition) is 8. The van der Waals surface area contributed by atoms with Crippen LogP contribution in [0.3, 0.4) is 0 Å². The molecule has 4 aromatic rings. The lowest BCUT2D eigenvalue weighted by molar-refractivity contribution is -0.130. The second-order valence-electron chi connectivity index (χ2n) is 9.93. The normalized spacial score (nSPS) is 11.8. The van der Waals surface area contributed by atoms with E-state index in [1.54, 1.807) is 45.0 Å². The first-order valence-electron chi connectivity index (χ1n) is 12.1. The summed E-state index contributed by atoms with van der Waals surface area (Å²) in [5, 5.41) is 12.0. The highest BCUT2D eigenvalue weighted by Gasteiger charge is 2.32. The maximum absolute atomic E-state index is 13.8. The zero-order valence-electron chi connectivity index (χ0n) is 22.1. The van der Waals surface area contributed by atoms with Crippen molar-refractivity contribution in [2.24, 2.45) is 5.41 Å². The van der Waals surface area contributed by atoms with Crippen LogP contribution in [-0.2, 0) is 17.9 Å². The van der Waals surface area contributed by atoms with Crippen LogP contribution in [0.5, 0.6) is 5.75 Å². The Bertz CT molecular complexity index is 1630. The molecule has 3 aromatic heterocycles. The first kappa shape index (κ1) is 27.0. The van der Waals surface area contributed by atoms with E-state index < -0.39 is 16.7 Å². The van der Waals surface area contributed by atoms with Crippen LogP contribution in [0.15, 0.2) is 46.2 Å². The summed E-state index contributed by atoms with van der Waals surface area (Å²) in [6.45, 7) is 8.25. The molecule has 0 saturated heterocycles. The minimum atomic E-state index is -1.08. The average Bonchev–Trinajstić information content (AvgIpc) is 3.52. The third-order valence-corrected chi connectivity index (χ3v) is 7.45. The number of ether oxygens (including phenoxy) is 1. The molecule has 0 aliphatic carbocycles. The number of hydrogen-bond donors (Lipinski definition) is 1. The van der Waals surface area contributed by atoms with Gasteiger partial charge >= 0.3 is 5.69 Å². The molecule has 0 aliphatic heterocycles. The van der Waals surface area contributed by atoms with Crippen LogP contribution in [-0.4, -0.2) is 49.0 Å². The van der Waals surface area contributed by atoms with Crippen molar-refractivity contribution in [2.45, 2.75) is 53.8 Å². The minimum absolute atomic E-state index is 0.112. The largest absolute Gasteiger partial charge is 0.496 e. The van der Waals surface area contributed by atoms with Crippen molar-refractivity contribution in [2.75, 3.05) is 7.11 Å². The summed E-state index contributed by atoms with van der Waals surface area (Å²) in [7, 11) is 1.47. The van der Waals surface area contributed by atoms with Crippen LogP contribution in [0, 0.1) is 12.3 Å². The number of ketones is 1. The Hall–Kier alpha value is -4.06. The molecule has 0 atom stereocenters. The fourth-order valence-electron chi connectivity index (χ4n) is 4.20. The van der Waals surface area contributed by atoms with Crippen LogP contribution in [0.25, 0.3) is 15.2 Å². The number of amides is 1. The predicted octanol–water partition coefficient (Wildman–Crippen LogP) is 2.56. The van der Waals surface area contributed by atoms with E-state index in [0.717, 1.165) is 15.9 Å². The number of rotatable bonds is 9. The Kier molecular flexibility index (Phi) is 7.36. The Morgan fingerprint density at radius 3 is 2.39 bits per heavy atom. The van der Waals surface area contributed by atoms with Gasteiger partial charge in [-0.1, -0.05) is 23.5 Å². The molecule has 1 N–H and O–H groups in total. The number of fused-ring (bicyclic) bond motifs is 1. The topological polar surface area (TPSA) is 130 Å². The molecule has 0 fully saturated rings. The fraction of sp³-hybridized carbons (Fsp3) is 0.385. The summed E-state index contributed by atoms with van der Waals surface area (Å²) in [6, 6.07) is 6.63. The van der Waals surface area contributed by atoms with E-state index in [9.17, 15) is 19.2 Å². The lowest BCUT2D eigenvalue weighted by Crippen LogP contribution is -2.48. The van der Waals surface area contributed by atoms with E-state index in [0.29, 0.717) is 26.7 Å².